The van der Waals surface area contributed by atoms with Crippen molar-refractivity contribution in [2.45, 2.75) is 31.9 Å². The number of benzene rings is 2. The largest absolute Gasteiger partial charge is 0.487 e. The monoisotopic (exact) mass is 374 g/mol. The van der Waals surface area contributed by atoms with Crippen molar-refractivity contribution in [1.82, 2.24) is 5.32 Å². The molecule has 2 N–H and O–H groups in total. The summed E-state index contributed by atoms with van der Waals surface area (Å²) >= 11 is 0. The highest BCUT2D eigenvalue weighted by Gasteiger charge is 2.34. The predicted octanol–water partition coefficient (Wildman–Crippen LogP) is 3.09. The third kappa shape index (κ3) is 4.35. The van der Waals surface area contributed by atoms with E-state index in [1.54, 1.807) is 24.3 Å². The first kappa shape index (κ1) is 18.3. The lowest BCUT2D eigenvalue weighted by Crippen LogP contribution is -2.41. The van der Waals surface area contributed by atoms with Gasteiger partial charge >= 0.3 is 0 Å². The van der Waals surface area contributed by atoms with Crippen LogP contribution in [0.2, 0.25) is 0 Å². The average molecular weight is 374 g/mol. The second-order valence-corrected chi connectivity index (χ2v) is 8.83. The Morgan fingerprint density at radius 1 is 1.12 bits per heavy atom. The fraction of sp³-hybridized carbons (Fsp3) is 0.316. The Kier molecular flexibility index (Phi) is 4.66. The van der Waals surface area contributed by atoms with E-state index in [4.69, 9.17) is 4.74 Å². The number of hydrogen-bond acceptors (Lipinski definition) is 4. The molecular formula is C19H22N2O4S. The molecule has 1 heterocycles. The Hall–Kier alpha value is -2.54. The number of carbonyl (C=O) groups excluding carboxylic acids is 1. The summed E-state index contributed by atoms with van der Waals surface area (Å²) in [6, 6.07) is 13.9. The zero-order valence-electron chi connectivity index (χ0n) is 14.9. The molecule has 1 amide bonds. The van der Waals surface area contributed by atoms with Crippen LogP contribution in [-0.2, 0) is 10.0 Å². The van der Waals surface area contributed by atoms with Crippen molar-refractivity contribution in [3.63, 3.8) is 0 Å². The zero-order valence-corrected chi connectivity index (χ0v) is 15.8. The lowest BCUT2D eigenvalue weighted by Gasteiger charge is -2.37. The number of fused-ring (bicyclic) bond motifs is 1. The summed E-state index contributed by atoms with van der Waals surface area (Å²) in [6.07, 6.45) is 1.74. The van der Waals surface area contributed by atoms with Gasteiger partial charge in [0.25, 0.3) is 5.91 Å². The van der Waals surface area contributed by atoms with Crippen molar-refractivity contribution in [3.8, 4) is 5.75 Å². The molecule has 0 saturated heterocycles. The molecule has 0 bridgehead atoms. The molecule has 3 rings (SSSR count). The highest BCUT2D eigenvalue weighted by molar-refractivity contribution is 7.92. The van der Waals surface area contributed by atoms with Crippen LogP contribution < -0.4 is 14.8 Å². The van der Waals surface area contributed by atoms with E-state index in [-0.39, 0.29) is 17.6 Å². The van der Waals surface area contributed by atoms with Crippen LogP contribution in [0.3, 0.4) is 0 Å². The minimum absolute atomic E-state index is 0.156. The van der Waals surface area contributed by atoms with Gasteiger partial charge in [-0.1, -0.05) is 18.2 Å². The van der Waals surface area contributed by atoms with Crippen LogP contribution in [0, 0.1) is 0 Å². The number of anilines is 1. The lowest BCUT2D eigenvalue weighted by molar-refractivity contribution is 0.0619. The van der Waals surface area contributed by atoms with Crippen molar-refractivity contribution in [3.05, 3.63) is 59.7 Å². The maximum Gasteiger partial charge on any atom is 0.251 e. The summed E-state index contributed by atoms with van der Waals surface area (Å²) in [6.45, 7) is 3.99. The molecule has 0 fully saturated rings. The molecule has 0 aromatic heterocycles. The van der Waals surface area contributed by atoms with Crippen molar-refractivity contribution in [2.24, 2.45) is 0 Å². The molecule has 0 saturated carbocycles. The molecule has 26 heavy (non-hydrogen) atoms. The fourth-order valence-electron chi connectivity index (χ4n) is 3.08. The van der Waals surface area contributed by atoms with Gasteiger partial charge in [0.2, 0.25) is 10.0 Å². The number of para-hydroxylation sites is 1. The number of hydrogen-bond donors (Lipinski definition) is 2. The van der Waals surface area contributed by atoms with Crippen LogP contribution in [0.1, 0.15) is 42.2 Å². The van der Waals surface area contributed by atoms with E-state index in [0.29, 0.717) is 17.7 Å². The number of sulfonamides is 1. The zero-order chi connectivity index (χ0) is 18.9. The summed E-state index contributed by atoms with van der Waals surface area (Å²) in [5.74, 6) is 0.565. The van der Waals surface area contributed by atoms with E-state index >= 15 is 0 Å². The smallest absolute Gasteiger partial charge is 0.251 e. The molecule has 6 nitrogen and oxygen atoms in total. The summed E-state index contributed by atoms with van der Waals surface area (Å²) < 4.78 is 30.9. The van der Waals surface area contributed by atoms with E-state index in [1.165, 1.54) is 0 Å². The number of ether oxygens (including phenoxy) is 1. The Morgan fingerprint density at radius 3 is 2.42 bits per heavy atom. The Morgan fingerprint density at radius 2 is 1.77 bits per heavy atom. The maximum atomic E-state index is 12.6. The van der Waals surface area contributed by atoms with Gasteiger partial charge in [-0.05, 0) is 44.2 Å². The summed E-state index contributed by atoms with van der Waals surface area (Å²) in [4.78, 5) is 12.6. The first-order chi connectivity index (χ1) is 12.1. The maximum absolute atomic E-state index is 12.6. The lowest BCUT2D eigenvalue weighted by atomic mass is 9.89. The highest BCUT2D eigenvalue weighted by Crippen LogP contribution is 2.39. The number of rotatable bonds is 4. The fourth-order valence-corrected chi connectivity index (χ4v) is 3.64. The molecule has 0 aliphatic carbocycles. The quantitative estimate of drug-likeness (QED) is 0.861. The normalized spacial score (nSPS) is 18.3. The van der Waals surface area contributed by atoms with Crippen LogP contribution in [0.15, 0.2) is 48.5 Å². The van der Waals surface area contributed by atoms with E-state index in [2.05, 4.69) is 10.0 Å². The molecule has 2 aromatic rings. The second kappa shape index (κ2) is 6.64. The number of carbonyl (C=O) groups is 1. The summed E-state index contributed by atoms with van der Waals surface area (Å²) in [7, 11) is -3.34. The first-order valence-corrected chi connectivity index (χ1v) is 10.2. The Bertz CT molecular complexity index is 921. The molecule has 7 heteroatoms. The van der Waals surface area contributed by atoms with Crippen molar-refractivity contribution >= 4 is 21.6 Å². The van der Waals surface area contributed by atoms with Gasteiger partial charge in [-0.2, -0.15) is 0 Å². The van der Waals surface area contributed by atoms with E-state index in [0.717, 1.165) is 17.6 Å². The molecule has 1 aliphatic rings. The van der Waals surface area contributed by atoms with Crippen LogP contribution in [0.5, 0.6) is 5.75 Å². The van der Waals surface area contributed by atoms with Gasteiger partial charge in [0.15, 0.2) is 0 Å². The van der Waals surface area contributed by atoms with Crippen LogP contribution in [0.25, 0.3) is 0 Å². The predicted molar refractivity (Wildman–Crippen MR) is 101 cm³/mol. The van der Waals surface area contributed by atoms with Gasteiger partial charge in [-0.3, -0.25) is 9.52 Å². The van der Waals surface area contributed by atoms with Crippen LogP contribution in [0.4, 0.5) is 5.69 Å². The standard InChI is InChI=1S/C19H22N2O4S/c1-19(2)12-16(15-6-4-5-7-17(15)25-19)20-18(22)13-8-10-14(11-9-13)21-26(3,23)24/h4-11,16,21H,12H2,1-3H3,(H,20,22)/t16-/m0/s1. The third-order valence-corrected chi connectivity index (χ3v) is 4.74. The van der Waals surface area contributed by atoms with Gasteiger partial charge in [-0.15, -0.1) is 0 Å². The van der Waals surface area contributed by atoms with Gasteiger partial charge in [-0.25, -0.2) is 8.42 Å². The topological polar surface area (TPSA) is 84.5 Å². The van der Waals surface area contributed by atoms with Crippen molar-refractivity contribution < 1.29 is 17.9 Å². The van der Waals surface area contributed by atoms with Crippen LogP contribution in [-0.4, -0.2) is 26.2 Å². The molecule has 2 aromatic carbocycles. The van der Waals surface area contributed by atoms with Crippen LogP contribution >= 0.6 is 0 Å². The summed E-state index contributed by atoms with van der Waals surface area (Å²) in [5.41, 5.74) is 1.46. The second-order valence-electron chi connectivity index (χ2n) is 7.08. The molecule has 138 valence electrons. The minimum Gasteiger partial charge on any atom is -0.487 e. The van der Waals surface area contributed by atoms with Crippen molar-refractivity contribution in [1.29, 1.82) is 0 Å². The summed E-state index contributed by atoms with van der Waals surface area (Å²) in [5, 5.41) is 3.06. The molecular weight excluding hydrogens is 352 g/mol. The number of nitrogens with one attached hydrogen (secondary N) is 2. The van der Waals surface area contributed by atoms with Gasteiger partial charge < -0.3 is 10.1 Å². The molecule has 0 spiro atoms. The van der Waals surface area contributed by atoms with Gasteiger partial charge in [0.1, 0.15) is 11.4 Å². The first-order valence-electron chi connectivity index (χ1n) is 8.30. The molecule has 0 unspecified atom stereocenters. The van der Waals surface area contributed by atoms with Gasteiger partial charge in [0, 0.05) is 23.2 Å². The molecule has 0 radical (unpaired) electrons. The molecule has 1 atom stereocenters. The highest BCUT2D eigenvalue weighted by atomic mass is 32.2. The SMILES string of the molecule is CC1(C)C[C@H](NC(=O)c2ccc(NS(C)(=O)=O)cc2)c2ccccc2O1. The Balaban J connectivity index is 1.77. The van der Waals surface area contributed by atoms with E-state index in [1.807, 2.05) is 38.1 Å². The van der Waals surface area contributed by atoms with Crippen molar-refractivity contribution in [2.75, 3.05) is 11.0 Å². The van der Waals surface area contributed by atoms with E-state index < -0.39 is 10.0 Å². The third-order valence-electron chi connectivity index (χ3n) is 4.13. The average Bonchev–Trinajstić information content (AvgIpc) is 2.53. The van der Waals surface area contributed by atoms with Gasteiger partial charge in [0.05, 0.1) is 12.3 Å². The minimum atomic E-state index is -3.34. The Labute approximate surface area is 153 Å². The molecule has 1 aliphatic heterocycles. The number of amides is 1. The van der Waals surface area contributed by atoms with E-state index in [9.17, 15) is 13.2 Å².